The number of hydrogen-bond donors (Lipinski definition) is 0. The van der Waals surface area contributed by atoms with Crippen molar-refractivity contribution in [1.82, 2.24) is 4.98 Å². The van der Waals surface area contributed by atoms with E-state index in [9.17, 15) is 4.79 Å². The van der Waals surface area contributed by atoms with Gasteiger partial charge in [-0.05, 0) is 24.6 Å². The molecule has 0 aliphatic heterocycles. The number of carbonyl (C=O) groups is 1. The minimum Gasteiger partial charge on any atom is -0.464 e. The number of hydrogen-bond acceptors (Lipinski definition) is 3. The summed E-state index contributed by atoms with van der Waals surface area (Å²) < 4.78 is 4.62. The Hall–Kier alpha value is -1.64. The molecule has 15 heavy (non-hydrogen) atoms. The van der Waals surface area contributed by atoms with E-state index in [1.54, 1.807) is 6.07 Å². The first-order valence-corrected chi connectivity index (χ1v) is 4.94. The van der Waals surface area contributed by atoms with E-state index < -0.39 is 5.97 Å². The van der Waals surface area contributed by atoms with E-state index in [-0.39, 0.29) is 0 Å². The maximum absolute atomic E-state index is 11.3. The summed E-state index contributed by atoms with van der Waals surface area (Å²) >= 11 is 0. The summed E-state index contributed by atoms with van der Waals surface area (Å²) in [6.07, 6.45) is 4.84. The predicted molar refractivity (Wildman–Crippen MR) is 59.7 cm³/mol. The molecule has 0 aliphatic rings. The summed E-state index contributed by atoms with van der Waals surface area (Å²) in [5.41, 5.74) is 0.350. The molecular formula is C12H15NO2. The first-order valence-electron chi connectivity index (χ1n) is 4.94. The summed E-state index contributed by atoms with van der Waals surface area (Å²) in [5, 5.41) is 1.87. The molecule has 0 aliphatic carbocycles. The summed E-state index contributed by atoms with van der Waals surface area (Å²) in [6.45, 7) is 3.98. The topological polar surface area (TPSA) is 39.2 Å². The van der Waals surface area contributed by atoms with E-state index in [1.165, 1.54) is 7.11 Å². The van der Waals surface area contributed by atoms with Gasteiger partial charge in [-0.25, -0.2) is 9.78 Å². The summed E-state index contributed by atoms with van der Waals surface area (Å²) in [7, 11) is 1.35. The van der Waals surface area contributed by atoms with Crippen LogP contribution in [0.3, 0.4) is 0 Å². The molecule has 0 radical (unpaired) electrons. The lowest BCUT2D eigenvalue weighted by Crippen LogP contribution is -2.29. The summed E-state index contributed by atoms with van der Waals surface area (Å²) in [6, 6.07) is 3.55. The molecule has 0 aromatic carbocycles. The van der Waals surface area contributed by atoms with Crippen LogP contribution >= 0.6 is 0 Å². The molecule has 0 bridgehead atoms. The Balaban J connectivity index is 3.36. The highest BCUT2D eigenvalue weighted by Crippen LogP contribution is 1.90. The van der Waals surface area contributed by atoms with E-state index in [0.717, 1.165) is 17.0 Å². The van der Waals surface area contributed by atoms with Gasteiger partial charge in [-0.1, -0.05) is 25.1 Å². The fourth-order valence-electron chi connectivity index (χ4n) is 1.30. The first kappa shape index (κ1) is 11.4. The quantitative estimate of drug-likeness (QED) is 0.672. The third kappa shape index (κ3) is 2.65. The fourth-order valence-corrected chi connectivity index (χ4v) is 1.30. The second-order valence-electron chi connectivity index (χ2n) is 3.06. The van der Waals surface area contributed by atoms with Gasteiger partial charge in [0.2, 0.25) is 0 Å². The lowest BCUT2D eigenvalue weighted by atomic mass is 10.2. The molecule has 0 unspecified atom stereocenters. The lowest BCUT2D eigenvalue weighted by molar-refractivity contribution is 0.0593. The predicted octanol–water partition coefficient (Wildman–Crippen LogP) is 0.859. The van der Waals surface area contributed by atoms with E-state index in [1.807, 2.05) is 32.1 Å². The van der Waals surface area contributed by atoms with Crippen LogP contribution < -0.4 is 10.6 Å². The second-order valence-corrected chi connectivity index (χ2v) is 3.06. The molecule has 0 spiro atoms. The van der Waals surface area contributed by atoms with Gasteiger partial charge >= 0.3 is 5.97 Å². The van der Waals surface area contributed by atoms with Gasteiger partial charge in [0.05, 0.1) is 12.5 Å². The van der Waals surface area contributed by atoms with Crippen LogP contribution in [0.25, 0.3) is 12.2 Å². The highest BCUT2D eigenvalue weighted by atomic mass is 16.5. The van der Waals surface area contributed by atoms with Crippen LogP contribution in [0, 0.1) is 0 Å². The molecule has 1 aromatic rings. The van der Waals surface area contributed by atoms with Gasteiger partial charge in [0.1, 0.15) is 5.69 Å². The van der Waals surface area contributed by atoms with Crippen molar-refractivity contribution in [3.63, 3.8) is 0 Å². The molecule has 0 amide bonds. The second kappa shape index (κ2) is 5.29. The normalized spacial score (nSPS) is 13.0. The SMILES string of the molecule is CC=c1ccc(C(=O)OC)nc1=CCC. The van der Waals surface area contributed by atoms with Crippen LogP contribution in [0.1, 0.15) is 30.8 Å². The van der Waals surface area contributed by atoms with Crippen molar-refractivity contribution in [2.24, 2.45) is 0 Å². The maximum atomic E-state index is 11.3. The molecule has 0 N–H and O–H groups in total. The van der Waals surface area contributed by atoms with Crippen LogP contribution in [0.15, 0.2) is 12.1 Å². The van der Waals surface area contributed by atoms with Gasteiger partial charge in [-0.2, -0.15) is 0 Å². The summed E-state index contributed by atoms with van der Waals surface area (Å²) in [4.78, 5) is 15.5. The molecule has 3 nitrogen and oxygen atoms in total. The van der Waals surface area contributed by atoms with Crippen molar-refractivity contribution in [2.45, 2.75) is 20.3 Å². The molecule has 3 heteroatoms. The van der Waals surface area contributed by atoms with Crippen molar-refractivity contribution in [3.05, 3.63) is 28.4 Å². The molecule has 0 saturated heterocycles. The number of methoxy groups -OCH3 is 1. The van der Waals surface area contributed by atoms with E-state index in [0.29, 0.717) is 5.69 Å². The number of pyridine rings is 1. The Morgan fingerprint density at radius 1 is 1.53 bits per heavy atom. The molecule has 0 saturated carbocycles. The average molecular weight is 205 g/mol. The number of ether oxygens (including phenoxy) is 1. The fraction of sp³-hybridized carbons (Fsp3) is 0.333. The standard InChI is InChI=1S/C12H15NO2/c1-4-6-10-9(5-2)7-8-11(13-10)12(14)15-3/h5-8H,4H2,1-3H3. The number of aromatic nitrogens is 1. The van der Waals surface area contributed by atoms with Crippen LogP contribution in [0.2, 0.25) is 0 Å². The Bertz CT molecular complexity index is 463. The zero-order valence-electron chi connectivity index (χ0n) is 9.28. The summed E-state index contributed by atoms with van der Waals surface area (Å²) in [5.74, 6) is -0.400. The van der Waals surface area contributed by atoms with Gasteiger partial charge in [-0.15, -0.1) is 0 Å². The van der Waals surface area contributed by atoms with E-state index in [4.69, 9.17) is 0 Å². The third-order valence-corrected chi connectivity index (χ3v) is 2.06. The Morgan fingerprint density at radius 3 is 2.80 bits per heavy atom. The molecule has 0 atom stereocenters. The Labute approximate surface area is 89.1 Å². The maximum Gasteiger partial charge on any atom is 0.356 e. The highest BCUT2D eigenvalue weighted by molar-refractivity contribution is 5.86. The van der Waals surface area contributed by atoms with Crippen LogP contribution in [0.5, 0.6) is 0 Å². The smallest absolute Gasteiger partial charge is 0.356 e. The van der Waals surface area contributed by atoms with E-state index in [2.05, 4.69) is 9.72 Å². The van der Waals surface area contributed by atoms with Gasteiger partial charge in [0.15, 0.2) is 0 Å². The van der Waals surface area contributed by atoms with Crippen molar-refractivity contribution in [1.29, 1.82) is 0 Å². The Morgan fingerprint density at radius 2 is 2.27 bits per heavy atom. The van der Waals surface area contributed by atoms with Gasteiger partial charge in [-0.3, -0.25) is 0 Å². The van der Waals surface area contributed by atoms with Gasteiger partial charge in [0.25, 0.3) is 0 Å². The highest BCUT2D eigenvalue weighted by Gasteiger charge is 2.05. The largest absolute Gasteiger partial charge is 0.464 e. The third-order valence-electron chi connectivity index (χ3n) is 2.06. The first-order chi connectivity index (χ1) is 7.22. The molecule has 1 heterocycles. The van der Waals surface area contributed by atoms with Crippen molar-refractivity contribution < 1.29 is 9.53 Å². The minimum absolute atomic E-state index is 0.350. The zero-order chi connectivity index (χ0) is 11.3. The molecule has 80 valence electrons. The lowest BCUT2D eigenvalue weighted by Gasteiger charge is -1.98. The van der Waals surface area contributed by atoms with Crippen molar-refractivity contribution in [3.8, 4) is 0 Å². The zero-order valence-corrected chi connectivity index (χ0v) is 9.28. The molecular weight excluding hydrogens is 190 g/mol. The molecule has 1 aromatic heterocycles. The minimum atomic E-state index is -0.400. The van der Waals surface area contributed by atoms with Crippen LogP contribution in [0.4, 0.5) is 0 Å². The molecule has 0 fully saturated rings. The monoisotopic (exact) mass is 205 g/mol. The van der Waals surface area contributed by atoms with Gasteiger partial charge < -0.3 is 4.74 Å². The number of esters is 1. The molecule has 1 rings (SSSR count). The number of rotatable bonds is 2. The van der Waals surface area contributed by atoms with E-state index >= 15 is 0 Å². The number of carbonyl (C=O) groups excluding carboxylic acids is 1. The van der Waals surface area contributed by atoms with Gasteiger partial charge in [0, 0.05) is 0 Å². The number of nitrogens with zero attached hydrogens (tertiary/aromatic N) is 1. The average Bonchev–Trinajstić information content (AvgIpc) is 2.28. The van der Waals surface area contributed by atoms with Crippen molar-refractivity contribution in [2.75, 3.05) is 7.11 Å². The van der Waals surface area contributed by atoms with Crippen LogP contribution in [-0.2, 0) is 4.74 Å². The Kier molecular flexibility index (Phi) is 4.03. The van der Waals surface area contributed by atoms with Crippen LogP contribution in [-0.4, -0.2) is 18.1 Å². The van der Waals surface area contributed by atoms with Crippen molar-refractivity contribution >= 4 is 18.1 Å².